The molecule has 1 aromatic heterocycles. The molecular formula is C15H22N2O5. The first-order valence-corrected chi connectivity index (χ1v) is 7.28. The van der Waals surface area contributed by atoms with Crippen molar-refractivity contribution in [3.05, 3.63) is 23.7 Å². The minimum atomic E-state index is -1.08. The Morgan fingerprint density at radius 2 is 2.18 bits per heavy atom. The van der Waals surface area contributed by atoms with Gasteiger partial charge in [-0.1, -0.05) is 0 Å². The summed E-state index contributed by atoms with van der Waals surface area (Å²) in [4.78, 5) is 24.4. The highest BCUT2D eigenvalue weighted by Gasteiger charge is 2.29. The van der Waals surface area contributed by atoms with Gasteiger partial charge in [-0.2, -0.15) is 0 Å². The predicted octanol–water partition coefficient (Wildman–Crippen LogP) is 2.08. The lowest BCUT2D eigenvalue weighted by Crippen LogP contribution is -2.38. The van der Waals surface area contributed by atoms with E-state index in [0.717, 1.165) is 6.42 Å². The lowest BCUT2D eigenvalue weighted by atomic mass is 10.2. The number of carbonyl (C=O) groups excluding carboxylic acids is 1. The van der Waals surface area contributed by atoms with Crippen LogP contribution in [0.5, 0.6) is 0 Å². The van der Waals surface area contributed by atoms with Gasteiger partial charge in [0.05, 0.1) is 6.54 Å². The first-order valence-electron chi connectivity index (χ1n) is 7.28. The van der Waals surface area contributed by atoms with Crippen LogP contribution in [0.25, 0.3) is 0 Å². The van der Waals surface area contributed by atoms with Gasteiger partial charge in [-0.15, -0.1) is 0 Å². The fraction of sp³-hybridized carbons (Fsp3) is 0.600. The van der Waals surface area contributed by atoms with Crippen molar-refractivity contribution in [3.8, 4) is 0 Å². The van der Waals surface area contributed by atoms with Gasteiger partial charge in [0, 0.05) is 19.1 Å². The number of rotatable bonds is 4. The summed E-state index contributed by atoms with van der Waals surface area (Å²) in [7, 11) is 0. The SMILES string of the molecule is CC(C)(C)OC(=O)N1CCC(NCc2ccc(C(=O)O)o2)C1. The highest BCUT2D eigenvalue weighted by Crippen LogP contribution is 2.16. The van der Waals surface area contributed by atoms with Crippen molar-refractivity contribution < 1.29 is 23.8 Å². The number of ether oxygens (including phenoxy) is 1. The Morgan fingerprint density at radius 3 is 2.77 bits per heavy atom. The molecule has 1 aromatic rings. The molecule has 1 amide bonds. The van der Waals surface area contributed by atoms with Crippen LogP contribution in [-0.4, -0.2) is 46.8 Å². The van der Waals surface area contributed by atoms with E-state index >= 15 is 0 Å². The van der Waals surface area contributed by atoms with Crippen LogP contribution in [-0.2, 0) is 11.3 Å². The van der Waals surface area contributed by atoms with Crippen molar-refractivity contribution in [1.82, 2.24) is 10.2 Å². The summed E-state index contributed by atoms with van der Waals surface area (Å²) in [5.41, 5.74) is -0.496. The molecule has 7 heteroatoms. The third-order valence-corrected chi connectivity index (χ3v) is 3.28. The monoisotopic (exact) mass is 310 g/mol. The van der Waals surface area contributed by atoms with E-state index in [4.69, 9.17) is 14.3 Å². The molecule has 2 heterocycles. The minimum absolute atomic E-state index is 0.0707. The molecule has 22 heavy (non-hydrogen) atoms. The van der Waals surface area contributed by atoms with E-state index in [1.165, 1.54) is 6.07 Å². The summed E-state index contributed by atoms with van der Waals surface area (Å²) in [6, 6.07) is 3.21. The van der Waals surface area contributed by atoms with Crippen molar-refractivity contribution in [2.75, 3.05) is 13.1 Å². The summed E-state index contributed by atoms with van der Waals surface area (Å²) in [6.07, 6.45) is 0.522. The maximum atomic E-state index is 12.0. The average Bonchev–Trinajstić information content (AvgIpc) is 3.04. The molecular weight excluding hydrogens is 288 g/mol. The lowest BCUT2D eigenvalue weighted by Gasteiger charge is -2.24. The minimum Gasteiger partial charge on any atom is -0.475 e. The van der Waals surface area contributed by atoms with E-state index in [1.807, 2.05) is 20.8 Å². The maximum absolute atomic E-state index is 12.0. The van der Waals surface area contributed by atoms with Gasteiger partial charge < -0.3 is 24.5 Å². The molecule has 2 N–H and O–H groups in total. The summed E-state index contributed by atoms with van der Waals surface area (Å²) in [5.74, 6) is -0.588. The Hall–Kier alpha value is -2.02. The van der Waals surface area contributed by atoms with E-state index in [2.05, 4.69) is 5.32 Å². The molecule has 1 aliphatic rings. The second-order valence-corrected chi connectivity index (χ2v) is 6.36. The lowest BCUT2D eigenvalue weighted by molar-refractivity contribution is 0.0290. The van der Waals surface area contributed by atoms with Crippen LogP contribution in [0, 0.1) is 0 Å². The zero-order chi connectivity index (χ0) is 16.3. The molecule has 122 valence electrons. The molecule has 0 saturated carbocycles. The van der Waals surface area contributed by atoms with Gasteiger partial charge >= 0.3 is 12.1 Å². The van der Waals surface area contributed by atoms with Gasteiger partial charge in [0.25, 0.3) is 0 Å². The number of carboxylic acid groups (broad SMARTS) is 1. The van der Waals surface area contributed by atoms with E-state index < -0.39 is 11.6 Å². The molecule has 1 aliphatic heterocycles. The third-order valence-electron chi connectivity index (χ3n) is 3.28. The van der Waals surface area contributed by atoms with Crippen molar-refractivity contribution in [1.29, 1.82) is 0 Å². The number of furan rings is 1. The molecule has 7 nitrogen and oxygen atoms in total. The predicted molar refractivity (Wildman–Crippen MR) is 78.7 cm³/mol. The average molecular weight is 310 g/mol. The van der Waals surface area contributed by atoms with Gasteiger partial charge in [-0.25, -0.2) is 9.59 Å². The number of nitrogens with zero attached hydrogens (tertiary/aromatic N) is 1. The fourth-order valence-electron chi connectivity index (χ4n) is 2.25. The van der Waals surface area contributed by atoms with Gasteiger partial charge in [0.1, 0.15) is 11.4 Å². The van der Waals surface area contributed by atoms with Gasteiger partial charge in [0.2, 0.25) is 5.76 Å². The number of amides is 1. The Kier molecular flexibility index (Phi) is 4.75. The molecule has 0 aliphatic carbocycles. The molecule has 0 spiro atoms. The molecule has 0 bridgehead atoms. The topological polar surface area (TPSA) is 92.0 Å². The van der Waals surface area contributed by atoms with E-state index in [9.17, 15) is 9.59 Å². The summed E-state index contributed by atoms with van der Waals surface area (Å²) < 4.78 is 10.5. The van der Waals surface area contributed by atoms with Gasteiger partial charge in [-0.3, -0.25) is 0 Å². The molecule has 1 atom stereocenters. The van der Waals surface area contributed by atoms with E-state index in [0.29, 0.717) is 25.4 Å². The molecule has 2 rings (SSSR count). The molecule has 1 fully saturated rings. The summed E-state index contributed by atoms with van der Waals surface area (Å²) in [6.45, 7) is 7.17. The number of carboxylic acids is 1. The van der Waals surface area contributed by atoms with Crippen LogP contribution < -0.4 is 5.32 Å². The van der Waals surface area contributed by atoms with E-state index in [1.54, 1.807) is 11.0 Å². The number of hydrogen-bond acceptors (Lipinski definition) is 5. The second kappa shape index (κ2) is 6.39. The number of hydrogen-bond donors (Lipinski definition) is 2. The van der Waals surface area contributed by atoms with Crippen LogP contribution in [0.1, 0.15) is 43.5 Å². The zero-order valence-corrected chi connectivity index (χ0v) is 13.1. The van der Waals surface area contributed by atoms with Crippen LogP contribution in [0.4, 0.5) is 4.79 Å². The Bertz CT molecular complexity index is 546. The Labute approximate surface area is 129 Å². The van der Waals surface area contributed by atoms with Gasteiger partial charge in [-0.05, 0) is 39.3 Å². The number of nitrogens with one attached hydrogen (secondary N) is 1. The van der Waals surface area contributed by atoms with Crippen LogP contribution in [0.15, 0.2) is 16.5 Å². The highest BCUT2D eigenvalue weighted by atomic mass is 16.6. The van der Waals surface area contributed by atoms with Crippen molar-refractivity contribution in [3.63, 3.8) is 0 Å². The van der Waals surface area contributed by atoms with Gasteiger partial charge in [0.15, 0.2) is 0 Å². The number of carbonyl (C=O) groups is 2. The largest absolute Gasteiger partial charge is 0.475 e. The van der Waals surface area contributed by atoms with Crippen molar-refractivity contribution in [2.24, 2.45) is 0 Å². The standard InChI is InChI=1S/C15H22N2O5/c1-15(2,3)22-14(20)17-7-6-10(9-17)16-8-11-4-5-12(21-11)13(18)19/h4-5,10,16H,6-9H2,1-3H3,(H,18,19). The normalized spacial score (nSPS) is 18.5. The first-order chi connectivity index (χ1) is 10.2. The molecule has 0 aromatic carbocycles. The molecule has 0 radical (unpaired) electrons. The number of likely N-dealkylation sites (tertiary alicyclic amines) is 1. The summed E-state index contributed by atoms with van der Waals surface area (Å²) in [5, 5.41) is 12.1. The van der Waals surface area contributed by atoms with E-state index in [-0.39, 0.29) is 17.9 Å². The zero-order valence-electron chi connectivity index (χ0n) is 13.1. The first kappa shape index (κ1) is 16.4. The Balaban J connectivity index is 1.78. The smallest absolute Gasteiger partial charge is 0.410 e. The molecule has 1 unspecified atom stereocenters. The summed E-state index contributed by atoms with van der Waals surface area (Å²) >= 11 is 0. The van der Waals surface area contributed by atoms with Crippen LogP contribution in [0.2, 0.25) is 0 Å². The fourth-order valence-corrected chi connectivity index (χ4v) is 2.25. The highest BCUT2D eigenvalue weighted by molar-refractivity contribution is 5.84. The van der Waals surface area contributed by atoms with Crippen LogP contribution in [0.3, 0.4) is 0 Å². The molecule has 1 saturated heterocycles. The quantitative estimate of drug-likeness (QED) is 0.884. The van der Waals surface area contributed by atoms with Crippen LogP contribution >= 0.6 is 0 Å². The third kappa shape index (κ3) is 4.49. The maximum Gasteiger partial charge on any atom is 0.410 e. The van der Waals surface area contributed by atoms with Crippen molar-refractivity contribution >= 4 is 12.1 Å². The second-order valence-electron chi connectivity index (χ2n) is 6.36. The van der Waals surface area contributed by atoms with Crippen molar-refractivity contribution in [2.45, 2.75) is 45.4 Å². The number of aromatic carboxylic acids is 1. The Morgan fingerprint density at radius 1 is 1.45 bits per heavy atom.